The Labute approximate surface area is 181 Å². The highest BCUT2D eigenvalue weighted by molar-refractivity contribution is 5.76. The van der Waals surface area contributed by atoms with Gasteiger partial charge in [0.05, 0.1) is 27.0 Å². The molecule has 0 saturated heterocycles. The van der Waals surface area contributed by atoms with E-state index in [4.69, 9.17) is 14.2 Å². The molecular formula is C21H19N7O4. The number of aromatic nitrogens is 6. The molecule has 2 N–H and O–H groups in total. The third-order valence-corrected chi connectivity index (χ3v) is 5.33. The third kappa shape index (κ3) is 3.02. The van der Waals surface area contributed by atoms with Gasteiger partial charge in [-0.2, -0.15) is 9.78 Å². The SMILES string of the molecule is COc1cccc(-c2n[nH]c(=O)c3c2[C@@H](c2ccc(OC)c(OC)c2)n2nnnc2N3)c1. The summed E-state index contributed by atoms with van der Waals surface area (Å²) in [5.41, 5.74) is 2.67. The van der Waals surface area contributed by atoms with Gasteiger partial charge in [0.25, 0.3) is 5.56 Å². The fourth-order valence-electron chi connectivity index (χ4n) is 3.86. The van der Waals surface area contributed by atoms with E-state index in [0.717, 1.165) is 11.1 Å². The van der Waals surface area contributed by atoms with Crippen molar-refractivity contribution in [3.63, 3.8) is 0 Å². The lowest BCUT2D eigenvalue weighted by Crippen LogP contribution is -2.29. The van der Waals surface area contributed by atoms with E-state index in [1.807, 2.05) is 36.4 Å². The molecule has 162 valence electrons. The minimum atomic E-state index is -0.549. The maximum Gasteiger partial charge on any atom is 0.288 e. The zero-order valence-electron chi connectivity index (χ0n) is 17.5. The van der Waals surface area contributed by atoms with E-state index in [0.29, 0.717) is 40.1 Å². The van der Waals surface area contributed by atoms with Crippen molar-refractivity contribution >= 4 is 11.6 Å². The summed E-state index contributed by atoms with van der Waals surface area (Å²) in [5.74, 6) is 2.13. The van der Waals surface area contributed by atoms with Gasteiger partial charge in [-0.05, 0) is 40.3 Å². The maximum atomic E-state index is 12.8. The van der Waals surface area contributed by atoms with Crippen LogP contribution in [0.25, 0.3) is 11.3 Å². The quantitative estimate of drug-likeness (QED) is 0.428. The van der Waals surface area contributed by atoms with Gasteiger partial charge in [-0.15, -0.1) is 0 Å². The van der Waals surface area contributed by atoms with Crippen LogP contribution in [0.3, 0.4) is 0 Å². The van der Waals surface area contributed by atoms with Gasteiger partial charge in [-0.1, -0.05) is 23.3 Å². The molecule has 0 aliphatic carbocycles. The normalized spacial score (nSPS) is 14.2. The average Bonchev–Trinajstić information content (AvgIpc) is 3.31. The first kappa shape index (κ1) is 19.5. The second-order valence-corrected chi connectivity index (χ2v) is 7.01. The summed E-state index contributed by atoms with van der Waals surface area (Å²) < 4.78 is 17.8. The summed E-state index contributed by atoms with van der Waals surface area (Å²) in [6, 6.07) is 12.4. The molecule has 1 atom stereocenters. The number of anilines is 2. The Balaban J connectivity index is 1.79. The molecule has 11 heteroatoms. The zero-order chi connectivity index (χ0) is 22.2. The minimum Gasteiger partial charge on any atom is -0.497 e. The van der Waals surface area contributed by atoms with Gasteiger partial charge in [0.1, 0.15) is 17.5 Å². The molecule has 0 spiro atoms. The van der Waals surface area contributed by atoms with Crippen LogP contribution in [0, 0.1) is 0 Å². The fourth-order valence-corrected chi connectivity index (χ4v) is 3.86. The van der Waals surface area contributed by atoms with Crippen LogP contribution >= 0.6 is 0 Å². The van der Waals surface area contributed by atoms with Crippen LogP contribution in [-0.4, -0.2) is 51.7 Å². The number of aromatic amines is 1. The Hall–Kier alpha value is -4.41. The van der Waals surface area contributed by atoms with Crippen LogP contribution in [0.4, 0.5) is 11.6 Å². The molecule has 0 unspecified atom stereocenters. The highest BCUT2D eigenvalue weighted by Crippen LogP contribution is 2.43. The average molecular weight is 433 g/mol. The van der Waals surface area contributed by atoms with E-state index >= 15 is 0 Å². The van der Waals surface area contributed by atoms with Crippen molar-refractivity contribution in [2.24, 2.45) is 0 Å². The number of tetrazole rings is 1. The van der Waals surface area contributed by atoms with Gasteiger partial charge in [0.15, 0.2) is 11.5 Å². The second kappa shape index (κ2) is 7.69. The number of methoxy groups -OCH3 is 3. The highest BCUT2D eigenvalue weighted by atomic mass is 16.5. The summed E-state index contributed by atoms with van der Waals surface area (Å²) >= 11 is 0. The predicted molar refractivity (Wildman–Crippen MR) is 115 cm³/mol. The first-order valence-electron chi connectivity index (χ1n) is 9.68. The van der Waals surface area contributed by atoms with E-state index < -0.39 is 6.04 Å². The van der Waals surface area contributed by atoms with Gasteiger partial charge in [0, 0.05) is 11.1 Å². The van der Waals surface area contributed by atoms with Crippen LogP contribution < -0.4 is 25.1 Å². The van der Waals surface area contributed by atoms with Crippen LogP contribution in [0.1, 0.15) is 17.2 Å². The van der Waals surface area contributed by atoms with Crippen LogP contribution in [-0.2, 0) is 0 Å². The van der Waals surface area contributed by atoms with Crippen molar-refractivity contribution in [3.05, 3.63) is 63.9 Å². The van der Waals surface area contributed by atoms with Crippen LogP contribution in [0.15, 0.2) is 47.3 Å². The van der Waals surface area contributed by atoms with E-state index in [2.05, 4.69) is 31.0 Å². The monoisotopic (exact) mass is 433 g/mol. The predicted octanol–water partition coefficient (Wildman–Crippen LogP) is 2.14. The highest BCUT2D eigenvalue weighted by Gasteiger charge is 2.34. The first-order valence-corrected chi connectivity index (χ1v) is 9.68. The Morgan fingerprint density at radius 1 is 1.00 bits per heavy atom. The summed E-state index contributed by atoms with van der Waals surface area (Å²) in [6.07, 6.45) is 0. The molecular weight excluding hydrogens is 414 g/mol. The van der Waals surface area contributed by atoms with Crippen molar-refractivity contribution in [3.8, 4) is 28.5 Å². The van der Waals surface area contributed by atoms with Gasteiger partial charge in [-0.3, -0.25) is 4.79 Å². The number of nitrogens with one attached hydrogen (secondary N) is 2. The topological polar surface area (TPSA) is 129 Å². The summed E-state index contributed by atoms with van der Waals surface area (Å²) in [5, 5.41) is 22.0. The van der Waals surface area contributed by atoms with Crippen LogP contribution in [0.2, 0.25) is 0 Å². The third-order valence-electron chi connectivity index (χ3n) is 5.33. The van der Waals surface area contributed by atoms with Crippen molar-refractivity contribution in [2.45, 2.75) is 6.04 Å². The lowest BCUT2D eigenvalue weighted by Gasteiger charge is -2.28. The molecule has 3 heterocycles. The molecule has 0 saturated carbocycles. The van der Waals surface area contributed by atoms with Gasteiger partial charge in [0.2, 0.25) is 5.95 Å². The number of nitrogens with zero attached hydrogens (tertiary/aromatic N) is 5. The van der Waals surface area contributed by atoms with E-state index in [1.54, 1.807) is 32.1 Å². The fraction of sp³-hybridized carbons (Fsp3) is 0.190. The molecule has 1 aliphatic heterocycles. The smallest absolute Gasteiger partial charge is 0.288 e. The molecule has 5 rings (SSSR count). The van der Waals surface area contributed by atoms with Crippen molar-refractivity contribution in [2.75, 3.05) is 26.6 Å². The van der Waals surface area contributed by atoms with Crippen LogP contribution in [0.5, 0.6) is 17.2 Å². The summed E-state index contributed by atoms with van der Waals surface area (Å²) in [6.45, 7) is 0. The number of fused-ring (bicyclic) bond motifs is 2. The Kier molecular flexibility index (Phi) is 4.70. The Morgan fingerprint density at radius 3 is 2.62 bits per heavy atom. The maximum absolute atomic E-state index is 12.8. The molecule has 0 bridgehead atoms. The number of ether oxygens (including phenoxy) is 3. The minimum absolute atomic E-state index is 0.319. The molecule has 1 aliphatic rings. The second-order valence-electron chi connectivity index (χ2n) is 7.01. The summed E-state index contributed by atoms with van der Waals surface area (Å²) in [4.78, 5) is 12.8. The van der Waals surface area contributed by atoms with Crippen molar-refractivity contribution in [1.82, 2.24) is 30.4 Å². The van der Waals surface area contributed by atoms with Gasteiger partial charge < -0.3 is 19.5 Å². The van der Waals surface area contributed by atoms with E-state index in [-0.39, 0.29) is 5.56 Å². The molecule has 2 aromatic carbocycles. The van der Waals surface area contributed by atoms with Gasteiger partial charge in [-0.25, -0.2) is 5.10 Å². The molecule has 2 aromatic heterocycles. The number of rotatable bonds is 5. The van der Waals surface area contributed by atoms with E-state index in [1.165, 1.54) is 0 Å². The number of benzene rings is 2. The van der Waals surface area contributed by atoms with Crippen molar-refractivity contribution in [1.29, 1.82) is 0 Å². The lowest BCUT2D eigenvalue weighted by molar-refractivity contribution is 0.354. The number of hydrogen-bond acceptors (Lipinski definition) is 9. The van der Waals surface area contributed by atoms with E-state index in [9.17, 15) is 4.79 Å². The first-order chi connectivity index (χ1) is 15.6. The Bertz CT molecular complexity index is 1360. The molecule has 0 fully saturated rings. The zero-order valence-corrected chi connectivity index (χ0v) is 17.5. The molecule has 0 radical (unpaired) electrons. The van der Waals surface area contributed by atoms with Crippen molar-refractivity contribution < 1.29 is 14.2 Å². The van der Waals surface area contributed by atoms with Gasteiger partial charge >= 0.3 is 0 Å². The standard InChI is InChI=1S/C21H19N7O4/c1-30-13-6-4-5-11(9-13)17-16-18(20(29)24-23-17)22-21-25-26-27-28(21)19(16)12-7-8-14(31-2)15(10-12)32-3/h4-10,19H,1-3H3,(H,24,29)(H,22,25,27)/t19-/m1/s1. The summed E-state index contributed by atoms with van der Waals surface area (Å²) in [7, 11) is 4.73. The largest absolute Gasteiger partial charge is 0.497 e. The lowest BCUT2D eigenvalue weighted by atomic mass is 9.92. The molecule has 32 heavy (non-hydrogen) atoms. The molecule has 11 nitrogen and oxygen atoms in total. The number of H-pyrrole nitrogens is 1. The molecule has 0 amide bonds. The molecule has 4 aromatic rings. The Morgan fingerprint density at radius 2 is 1.84 bits per heavy atom. The number of hydrogen-bond donors (Lipinski definition) is 2.